The fourth-order valence-corrected chi connectivity index (χ4v) is 3.10. The van der Waals surface area contributed by atoms with Gasteiger partial charge in [-0.05, 0) is 11.5 Å². The third-order valence-corrected chi connectivity index (χ3v) is 4.24. The van der Waals surface area contributed by atoms with E-state index >= 15 is 0 Å². The first-order valence-corrected chi connectivity index (χ1v) is 7.91. The van der Waals surface area contributed by atoms with E-state index in [1.165, 1.54) is 16.5 Å². The molecule has 0 radical (unpaired) electrons. The standard InChI is InChI=1S/C18H24N2O2/c1-19(13-16(21)14-20-9-11-22-12-10-20)18-8-4-6-15-5-2-3-7-17(15)18/h2-8,16,21H,9-14H2,1H3. The van der Waals surface area contributed by atoms with E-state index in [2.05, 4.69) is 52.3 Å². The van der Waals surface area contributed by atoms with Gasteiger partial charge in [-0.1, -0.05) is 36.4 Å². The van der Waals surface area contributed by atoms with Crippen LogP contribution in [0.1, 0.15) is 0 Å². The molecule has 1 fully saturated rings. The number of morpholine rings is 1. The fourth-order valence-electron chi connectivity index (χ4n) is 3.10. The first-order chi connectivity index (χ1) is 10.7. The van der Waals surface area contributed by atoms with Gasteiger partial charge in [0, 0.05) is 44.3 Å². The predicted octanol–water partition coefficient (Wildman–Crippen LogP) is 1.97. The summed E-state index contributed by atoms with van der Waals surface area (Å²) < 4.78 is 5.35. The first kappa shape index (κ1) is 15.3. The molecule has 4 nitrogen and oxygen atoms in total. The lowest BCUT2D eigenvalue weighted by atomic mass is 10.1. The zero-order valence-electron chi connectivity index (χ0n) is 13.1. The highest BCUT2D eigenvalue weighted by Gasteiger charge is 2.17. The van der Waals surface area contributed by atoms with Gasteiger partial charge in [0.15, 0.2) is 0 Å². The molecule has 118 valence electrons. The smallest absolute Gasteiger partial charge is 0.0841 e. The summed E-state index contributed by atoms with van der Waals surface area (Å²) in [5.74, 6) is 0. The van der Waals surface area contributed by atoms with Crippen LogP contribution < -0.4 is 4.90 Å². The van der Waals surface area contributed by atoms with Gasteiger partial charge >= 0.3 is 0 Å². The van der Waals surface area contributed by atoms with E-state index in [0.29, 0.717) is 13.1 Å². The van der Waals surface area contributed by atoms with E-state index in [1.807, 2.05) is 7.05 Å². The highest BCUT2D eigenvalue weighted by Crippen LogP contribution is 2.25. The number of hydrogen-bond acceptors (Lipinski definition) is 4. The van der Waals surface area contributed by atoms with Gasteiger partial charge in [0.05, 0.1) is 19.3 Å². The number of anilines is 1. The predicted molar refractivity (Wildman–Crippen MR) is 90.5 cm³/mol. The summed E-state index contributed by atoms with van der Waals surface area (Å²) >= 11 is 0. The minimum atomic E-state index is -0.359. The van der Waals surface area contributed by atoms with Crippen LogP contribution in [0.15, 0.2) is 42.5 Å². The fraction of sp³-hybridized carbons (Fsp3) is 0.444. The Kier molecular flexibility index (Phi) is 4.93. The summed E-state index contributed by atoms with van der Waals surface area (Å²) in [4.78, 5) is 4.42. The Morgan fingerprint density at radius 2 is 1.86 bits per heavy atom. The highest BCUT2D eigenvalue weighted by atomic mass is 16.5. The SMILES string of the molecule is CN(CC(O)CN1CCOCC1)c1cccc2ccccc12. The second-order valence-electron chi connectivity index (χ2n) is 5.95. The number of hydrogen-bond donors (Lipinski definition) is 1. The average Bonchev–Trinajstić information content (AvgIpc) is 2.55. The normalized spacial score (nSPS) is 17.5. The summed E-state index contributed by atoms with van der Waals surface area (Å²) in [7, 11) is 2.05. The third kappa shape index (κ3) is 3.58. The second-order valence-corrected chi connectivity index (χ2v) is 5.95. The lowest BCUT2D eigenvalue weighted by Crippen LogP contribution is -2.44. The van der Waals surface area contributed by atoms with Gasteiger partial charge in [0.25, 0.3) is 0 Å². The molecule has 0 amide bonds. The topological polar surface area (TPSA) is 35.9 Å². The molecule has 0 bridgehead atoms. The number of rotatable bonds is 5. The number of aliphatic hydroxyl groups is 1. The zero-order chi connectivity index (χ0) is 15.4. The minimum Gasteiger partial charge on any atom is -0.390 e. The van der Waals surface area contributed by atoms with E-state index in [1.54, 1.807) is 0 Å². The molecular formula is C18H24N2O2. The van der Waals surface area contributed by atoms with Gasteiger partial charge in [-0.25, -0.2) is 0 Å². The summed E-state index contributed by atoms with van der Waals surface area (Å²) in [6, 6.07) is 14.7. The Morgan fingerprint density at radius 3 is 2.68 bits per heavy atom. The molecule has 2 aromatic rings. The van der Waals surface area contributed by atoms with Gasteiger partial charge in [0.2, 0.25) is 0 Å². The maximum atomic E-state index is 10.4. The van der Waals surface area contributed by atoms with E-state index < -0.39 is 0 Å². The van der Waals surface area contributed by atoms with Crippen molar-refractivity contribution in [2.45, 2.75) is 6.10 Å². The molecule has 0 spiro atoms. The molecular weight excluding hydrogens is 276 g/mol. The van der Waals surface area contributed by atoms with E-state index in [-0.39, 0.29) is 6.10 Å². The van der Waals surface area contributed by atoms with E-state index in [9.17, 15) is 5.11 Å². The molecule has 2 aromatic carbocycles. The van der Waals surface area contributed by atoms with Crippen LogP contribution in [0.5, 0.6) is 0 Å². The number of ether oxygens (including phenoxy) is 1. The van der Waals surface area contributed by atoms with Crippen LogP contribution in [-0.4, -0.2) is 62.6 Å². The van der Waals surface area contributed by atoms with Gasteiger partial charge in [-0.2, -0.15) is 0 Å². The van der Waals surface area contributed by atoms with Crippen molar-refractivity contribution in [1.82, 2.24) is 4.90 Å². The van der Waals surface area contributed by atoms with Crippen molar-refractivity contribution in [3.05, 3.63) is 42.5 Å². The largest absolute Gasteiger partial charge is 0.390 e. The van der Waals surface area contributed by atoms with Gasteiger partial charge in [0.1, 0.15) is 0 Å². The number of benzene rings is 2. The van der Waals surface area contributed by atoms with E-state index in [0.717, 1.165) is 26.3 Å². The van der Waals surface area contributed by atoms with Gasteiger partial charge in [-0.3, -0.25) is 4.90 Å². The molecule has 0 saturated carbocycles. The van der Waals surface area contributed by atoms with Crippen molar-refractivity contribution in [2.75, 3.05) is 51.3 Å². The molecule has 1 aliphatic heterocycles. The Labute approximate surface area is 131 Å². The first-order valence-electron chi connectivity index (χ1n) is 7.91. The molecule has 1 N–H and O–H groups in total. The third-order valence-electron chi connectivity index (χ3n) is 4.24. The monoisotopic (exact) mass is 300 g/mol. The minimum absolute atomic E-state index is 0.359. The number of β-amino-alcohol motifs (C(OH)–C–C–N with tert-alkyl or cyclic N) is 1. The van der Waals surface area contributed by atoms with Crippen molar-refractivity contribution in [1.29, 1.82) is 0 Å². The number of aliphatic hydroxyl groups excluding tert-OH is 1. The van der Waals surface area contributed by atoms with Crippen LogP contribution in [0.4, 0.5) is 5.69 Å². The lowest BCUT2D eigenvalue weighted by molar-refractivity contribution is 0.0163. The zero-order valence-corrected chi connectivity index (χ0v) is 13.1. The summed E-state index contributed by atoms with van der Waals surface area (Å²) in [5.41, 5.74) is 1.17. The molecule has 1 aliphatic rings. The van der Waals surface area contributed by atoms with E-state index in [4.69, 9.17) is 4.74 Å². The Balaban J connectivity index is 1.66. The summed E-state index contributed by atoms with van der Waals surface area (Å²) in [6.07, 6.45) is -0.359. The van der Waals surface area contributed by atoms with Crippen LogP contribution in [0, 0.1) is 0 Å². The molecule has 3 rings (SSSR count). The molecule has 0 aromatic heterocycles. The summed E-state index contributed by atoms with van der Waals surface area (Å²) in [5, 5.41) is 12.8. The Morgan fingerprint density at radius 1 is 1.14 bits per heavy atom. The van der Waals surface area contributed by atoms with Gasteiger partial charge in [-0.15, -0.1) is 0 Å². The van der Waals surface area contributed by atoms with Crippen molar-refractivity contribution < 1.29 is 9.84 Å². The number of fused-ring (bicyclic) bond motifs is 1. The summed E-state index contributed by atoms with van der Waals surface area (Å²) in [6.45, 7) is 4.70. The van der Waals surface area contributed by atoms with Crippen LogP contribution in [0.3, 0.4) is 0 Å². The second kappa shape index (κ2) is 7.09. The maximum Gasteiger partial charge on any atom is 0.0841 e. The molecule has 1 heterocycles. The van der Waals surface area contributed by atoms with Crippen LogP contribution in [0.25, 0.3) is 10.8 Å². The Bertz CT molecular complexity index is 606. The number of nitrogens with zero attached hydrogens (tertiary/aromatic N) is 2. The average molecular weight is 300 g/mol. The molecule has 0 aliphatic carbocycles. The molecule has 1 saturated heterocycles. The van der Waals surface area contributed by atoms with Crippen molar-refractivity contribution in [3.8, 4) is 0 Å². The van der Waals surface area contributed by atoms with Crippen LogP contribution in [0.2, 0.25) is 0 Å². The van der Waals surface area contributed by atoms with Gasteiger partial charge < -0.3 is 14.7 Å². The highest BCUT2D eigenvalue weighted by molar-refractivity contribution is 5.94. The molecule has 1 unspecified atom stereocenters. The van der Waals surface area contributed by atoms with Crippen molar-refractivity contribution >= 4 is 16.5 Å². The maximum absolute atomic E-state index is 10.4. The molecule has 22 heavy (non-hydrogen) atoms. The Hall–Kier alpha value is -1.62. The van der Waals surface area contributed by atoms with Crippen molar-refractivity contribution in [3.63, 3.8) is 0 Å². The molecule has 4 heteroatoms. The van der Waals surface area contributed by atoms with Crippen LogP contribution in [-0.2, 0) is 4.74 Å². The van der Waals surface area contributed by atoms with Crippen molar-refractivity contribution in [2.24, 2.45) is 0 Å². The quantitative estimate of drug-likeness (QED) is 0.916. The number of likely N-dealkylation sites (N-methyl/N-ethyl adjacent to an activating group) is 1. The van der Waals surface area contributed by atoms with Crippen LogP contribution >= 0.6 is 0 Å². The lowest BCUT2D eigenvalue weighted by Gasteiger charge is -2.31. The molecule has 1 atom stereocenters.